The van der Waals surface area contributed by atoms with E-state index < -0.39 is 0 Å². The number of unbranched alkanes of at least 4 members (excludes halogenated alkanes) is 5. The zero-order valence-corrected chi connectivity index (χ0v) is 22.1. The summed E-state index contributed by atoms with van der Waals surface area (Å²) in [4.78, 5) is 0. The fourth-order valence-corrected chi connectivity index (χ4v) is 4.70. The second kappa shape index (κ2) is 14.8. The molecule has 0 saturated carbocycles. The van der Waals surface area contributed by atoms with Crippen LogP contribution >= 0.6 is 11.3 Å². The number of thiophene rings is 1. The minimum absolute atomic E-state index is 0.00414. The lowest BCUT2D eigenvalue weighted by Crippen LogP contribution is -2.27. The quantitative estimate of drug-likeness (QED) is 0.195. The Hall–Kier alpha value is -2.70. The Balaban J connectivity index is 1.05. The molecule has 0 N–H and O–H groups in total. The summed E-state index contributed by atoms with van der Waals surface area (Å²) >= 11 is 1.59. The summed E-state index contributed by atoms with van der Waals surface area (Å²) in [6.45, 7) is 5.56. The average molecular weight is 511 g/mol. The highest BCUT2D eigenvalue weighted by atomic mass is 32.1. The molecule has 3 aromatic rings. The maximum Gasteiger partial charge on any atom is 0.172 e. The Morgan fingerprint density at radius 3 is 1.69 bits per heavy atom. The number of fused-ring (bicyclic) bond motifs is 1. The van der Waals surface area contributed by atoms with Crippen molar-refractivity contribution < 1.29 is 23.7 Å². The van der Waals surface area contributed by atoms with E-state index in [2.05, 4.69) is 31.2 Å². The average Bonchev–Trinajstić information content (AvgIpc) is 3.28. The Morgan fingerprint density at radius 1 is 0.667 bits per heavy atom. The van der Waals surface area contributed by atoms with Gasteiger partial charge in [0.2, 0.25) is 0 Å². The second-order valence-corrected chi connectivity index (χ2v) is 9.83. The Labute approximate surface area is 219 Å². The summed E-state index contributed by atoms with van der Waals surface area (Å²) < 4.78 is 29.2. The Morgan fingerprint density at radius 2 is 1.17 bits per heavy atom. The van der Waals surface area contributed by atoms with Gasteiger partial charge in [-0.3, -0.25) is 0 Å². The van der Waals surface area contributed by atoms with E-state index in [1.807, 2.05) is 35.0 Å². The lowest BCUT2D eigenvalue weighted by Gasteiger charge is -2.14. The summed E-state index contributed by atoms with van der Waals surface area (Å²) in [5.41, 5.74) is 2.36. The first-order valence-electron chi connectivity index (χ1n) is 13.2. The van der Waals surface area contributed by atoms with Crippen molar-refractivity contribution in [3.63, 3.8) is 0 Å². The van der Waals surface area contributed by atoms with Gasteiger partial charge in [0.15, 0.2) is 11.5 Å². The van der Waals surface area contributed by atoms with Gasteiger partial charge in [0.1, 0.15) is 30.8 Å². The van der Waals surface area contributed by atoms with Crippen molar-refractivity contribution in [2.75, 3.05) is 33.0 Å². The molecule has 0 unspecified atom stereocenters. The van der Waals surface area contributed by atoms with Crippen molar-refractivity contribution in [2.24, 2.45) is 0 Å². The van der Waals surface area contributed by atoms with Gasteiger partial charge in [-0.25, -0.2) is 0 Å². The van der Waals surface area contributed by atoms with E-state index in [4.69, 9.17) is 23.7 Å². The SMILES string of the molecule is CCCCCOc1ccc(-c2ccc(OCCCCCCOC3COc4cscc4OC3)cc2)cc1. The summed E-state index contributed by atoms with van der Waals surface area (Å²) in [5, 5.41) is 3.94. The van der Waals surface area contributed by atoms with Crippen LogP contribution in [0.3, 0.4) is 0 Å². The molecular weight excluding hydrogens is 472 g/mol. The largest absolute Gasteiger partial charge is 0.494 e. The van der Waals surface area contributed by atoms with E-state index in [0.29, 0.717) is 13.2 Å². The highest BCUT2D eigenvalue weighted by Crippen LogP contribution is 2.33. The lowest BCUT2D eigenvalue weighted by molar-refractivity contribution is 0.00102. The van der Waals surface area contributed by atoms with Crippen LogP contribution in [0.5, 0.6) is 23.0 Å². The van der Waals surface area contributed by atoms with Crippen molar-refractivity contribution in [1.29, 1.82) is 0 Å². The molecule has 0 radical (unpaired) electrons. The zero-order valence-electron chi connectivity index (χ0n) is 21.3. The van der Waals surface area contributed by atoms with Gasteiger partial charge < -0.3 is 23.7 Å². The highest BCUT2D eigenvalue weighted by Gasteiger charge is 2.19. The third-order valence-electron chi connectivity index (χ3n) is 6.16. The lowest BCUT2D eigenvalue weighted by atomic mass is 10.1. The van der Waals surface area contributed by atoms with Crippen molar-refractivity contribution in [3.05, 3.63) is 59.3 Å². The van der Waals surface area contributed by atoms with Crippen LogP contribution in [0.25, 0.3) is 11.1 Å². The Bertz CT molecular complexity index is 976. The number of rotatable bonds is 15. The summed E-state index contributed by atoms with van der Waals surface area (Å²) in [6.07, 6.45) is 7.86. The molecule has 1 aromatic heterocycles. The zero-order chi connectivity index (χ0) is 24.8. The minimum Gasteiger partial charge on any atom is -0.494 e. The molecule has 194 valence electrons. The first-order chi connectivity index (χ1) is 17.8. The molecular formula is C30H38O5S. The third kappa shape index (κ3) is 8.45. The van der Waals surface area contributed by atoms with Gasteiger partial charge in [-0.15, -0.1) is 11.3 Å². The number of benzene rings is 2. The van der Waals surface area contributed by atoms with Gasteiger partial charge >= 0.3 is 0 Å². The van der Waals surface area contributed by atoms with E-state index in [0.717, 1.165) is 74.9 Å². The van der Waals surface area contributed by atoms with Crippen molar-refractivity contribution in [2.45, 2.75) is 58.0 Å². The van der Waals surface area contributed by atoms with Crippen LogP contribution in [0.15, 0.2) is 59.3 Å². The number of ether oxygens (including phenoxy) is 5. The summed E-state index contributed by atoms with van der Waals surface area (Å²) in [6, 6.07) is 16.7. The van der Waals surface area contributed by atoms with Gasteiger partial charge in [0, 0.05) is 17.4 Å². The Kier molecular flexibility index (Phi) is 10.8. The van der Waals surface area contributed by atoms with Crippen molar-refractivity contribution in [3.8, 4) is 34.1 Å². The van der Waals surface area contributed by atoms with Crippen LogP contribution in [0.1, 0.15) is 51.9 Å². The van der Waals surface area contributed by atoms with Gasteiger partial charge in [-0.1, -0.05) is 50.5 Å². The van der Waals surface area contributed by atoms with Crippen LogP contribution in [0.4, 0.5) is 0 Å². The molecule has 1 aliphatic rings. The van der Waals surface area contributed by atoms with Gasteiger partial charge in [0.25, 0.3) is 0 Å². The molecule has 5 nitrogen and oxygen atoms in total. The van der Waals surface area contributed by atoms with Crippen LogP contribution in [-0.2, 0) is 4.74 Å². The van der Waals surface area contributed by atoms with Crippen LogP contribution < -0.4 is 18.9 Å². The summed E-state index contributed by atoms with van der Waals surface area (Å²) in [7, 11) is 0. The summed E-state index contributed by atoms with van der Waals surface area (Å²) in [5.74, 6) is 3.52. The molecule has 0 spiro atoms. The van der Waals surface area contributed by atoms with E-state index in [9.17, 15) is 0 Å². The van der Waals surface area contributed by atoms with Crippen molar-refractivity contribution in [1.82, 2.24) is 0 Å². The molecule has 36 heavy (non-hydrogen) atoms. The first kappa shape index (κ1) is 26.4. The number of hydrogen-bond donors (Lipinski definition) is 0. The standard InChI is InChI=1S/C30H38O5S/c1-2-3-6-17-31-26-13-9-24(10-14-26)25-11-15-27(16-12-25)32-18-7-4-5-8-19-33-28-20-34-29-22-36-23-30(29)35-21-28/h9-16,22-23,28H,2-8,17-21H2,1H3. The van der Waals surface area contributed by atoms with Crippen LogP contribution in [-0.4, -0.2) is 39.1 Å². The molecule has 1 aliphatic heterocycles. The van der Waals surface area contributed by atoms with E-state index in [-0.39, 0.29) is 6.10 Å². The monoisotopic (exact) mass is 510 g/mol. The number of hydrogen-bond acceptors (Lipinski definition) is 6. The van der Waals surface area contributed by atoms with Gasteiger partial charge in [0.05, 0.1) is 13.2 Å². The smallest absolute Gasteiger partial charge is 0.172 e. The normalized spacial score (nSPS) is 13.4. The van der Waals surface area contributed by atoms with E-state index in [1.54, 1.807) is 11.3 Å². The van der Waals surface area contributed by atoms with Crippen molar-refractivity contribution >= 4 is 11.3 Å². The molecule has 4 rings (SSSR count). The van der Waals surface area contributed by atoms with E-state index in [1.165, 1.54) is 24.0 Å². The maximum absolute atomic E-state index is 5.94. The molecule has 0 bridgehead atoms. The molecule has 2 aromatic carbocycles. The molecule has 0 saturated heterocycles. The molecule has 0 amide bonds. The predicted octanol–water partition coefficient (Wildman–Crippen LogP) is 7.78. The van der Waals surface area contributed by atoms with E-state index >= 15 is 0 Å². The fourth-order valence-electron chi connectivity index (χ4n) is 4.02. The minimum atomic E-state index is -0.00414. The third-order valence-corrected chi connectivity index (χ3v) is 6.86. The van der Waals surface area contributed by atoms with Crippen LogP contribution in [0, 0.1) is 0 Å². The fraction of sp³-hybridized carbons (Fsp3) is 0.467. The molecule has 0 aliphatic carbocycles. The molecule has 0 fully saturated rings. The molecule has 6 heteroatoms. The molecule has 0 atom stereocenters. The first-order valence-corrected chi connectivity index (χ1v) is 14.2. The topological polar surface area (TPSA) is 46.2 Å². The highest BCUT2D eigenvalue weighted by molar-refractivity contribution is 7.08. The van der Waals surface area contributed by atoms with Gasteiger partial charge in [-0.2, -0.15) is 0 Å². The predicted molar refractivity (Wildman–Crippen MR) is 146 cm³/mol. The maximum atomic E-state index is 5.94. The second-order valence-electron chi connectivity index (χ2n) is 9.08. The van der Waals surface area contributed by atoms with Crippen LogP contribution in [0.2, 0.25) is 0 Å². The van der Waals surface area contributed by atoms with Gasteiger partial charge in [-0.05, 0) is 61.1 Å². The molecule has 2 heterocycles.